The minimum atomic E-state index is -0.557. The molecule has 0 saturated carbocycles. The minimum Gasteiger partial charge on any atom is -0.508 e. The van der Waals surface area contributed by atoms with Crippen LogP contribution in [0.25, 0.3) is 0 Å². The van der Waals surface area contributed by atoms with Gasteiger partial charge < -0.3 is 16.2 Å². The molecule has 0 spiro atoms. The summed E-state index contributed by atoms with van der Waals surface area (Å²) in [5.74, 6) is 2.03. The van der Waals surface area contributed by atoms with Gasteiger partial charge in [-0.2, -0.15) is 11.8 Å². The summed E-state index contributed by atoms with van der Waals surface area (Å²) in [6.07, 6.45) is 0.472. The van der Waals surface area contributed by atoms with E-state index in [1.807, 2.05) is 6.92 Å². The SMILES string of the molecule is CCSCC(C)NC(=O)C(N)Cc1ccc(O)cc1. The largest absolute Gasteiger partial charge is 0.508 e. The Labute approximate surface area is 118 Å². The first kappa shape index (κ1) is 15.9. The molecule has 0 radical (unpaired) electrons. The lowest BCUT2D eigenvalue weighted by molar-refractivity contribution is -0.122. The molecule has 4 nitrogen and oxygen atoms in total. The molecule has 0 aromatic heterocycles. The highest BCUT2D eigenvalue weighted by Crippen LogP contribution is 2.11. The van der Waals surface area contributed by atoms with E-state index in [2.05, 4.69) is 12.2 Å². The van der Waals surface area contributed by atoms with E-state index in [1.165, 1.54) is 0 Å². The Bertz CT molecular complexity index is 395. The average Bonchev–Trinajstić information content (AvgIpc) is 2.39. The van der Waals surface area contributed by atoms with Crippen molar-refractivity contribution in [2.24, 2.45) is 5.73 Å². The summed E-state index contributed by atoms with van der Waals surface area (Å²) in [6, 6.07) is 6.32. The molecule has 1 aromatic carbocycles. The fourth-order valence-corrected chi connectivity index (χ4v) is 2.34. The van der Waals surface area contributed by atoms with Crippen LogP contribution in [0.1, 0.15) is 19.4 Å². The lowest BCUT2D eigenvalue weighted by Gasteiger charge is -2.17. The van der Waals surface area contributed by atoms with Crippen LogP contribution in [-0.4, -0.2) is 34.6 Å². The molecule has 0 aliphatic carbocycles. The molecule has 5 heteroatoms. The number of phenolic OH excluding ortho intramolecular Hbond substituents is 1. The van der Waals surface area contributed by atoms with Gasteiger partial charge in [-0.25, -0.2) is 0 Å². The number of nitrogens with two attached hydrogens (primary N) is 1. The number of benzene rings is 1. The number of hydrogen-bond acceptors (Lipinski definition) is 4. The van der Waals surface area contributed by atoms with E-state index in [9.17, 15) is 9.90 Å². The number of thioether (sulfide) groups is 1. The number of hydrogen-bond donors (Lipinski definition) is 3. The molecule has 2 atom stereocenters. The Morgan fingerprint density at radius 2 is 2.05 bits per heavy atom. The zero-order valence-electron chi connectivity index (χ0n) is 11.4. The van der Waals surface area contributed by atoms with E-state index in [-0.39, 0.29) is 17.7 Å². The molecular formula is C14H22N2O2S. The summed E-state index contributed by atoms with van der Waals surface area (Å²) in [5, 5.41) is 12.1. The molecule has 1 amide bonds. The van der Waals surface area contributed by atoms with Crippen LogP contribution in [0.2, 0.25) is 0 Å². The van der Waals surface area contributed by atoms with Crippen LogP contribution in [0.5, 0.6) is 5.75 Å². The van der Waals surface area contributed by atoms with Gasteiger partial charge in [0, 0.05) is 11.8 Å². The van der Waals surface area contributed by atoms with Gasteiger partial charge in [0.25, 0.3) is 0 Å². The van der Waals surface area contributed by atoms with Crippen LogP contribution in [0.4, 0.5) is 0 Å². The van der Waals surface area contributed by atoms with Crippen LogP contribution in [-0.2, 0) is 11.2 Å². The van der Waals surface area contributed by atoms with Crippen molar-refractivity contribution < 1.29 is 9.90 Å². The molecule has 0 bridgehead atoms. The summed E-state index contributed by atoms with van der Waals surface area (Å²) < 4.78 is 0. The summed E-state index contributed by atoms with van der Waals surface area (Å²) >= 11 is 1.79. The lowest BCUT2D eigenvalue weighted by atomic mass is 10.1. The van der Waals surface area contributed by atoms with E-state index in [4.69, 9.17) is 5.73 Å². The van der Waals surface area contributed by atoms with Crippen LogP contribution in [0.15, 0.2) is 24.3 Å². The number of aromatic hydroxyl groups is 1. The van der Waals surface area contributed by atoms with Gasteiger partial charge in [0.2, 0.25) is 5.91 Å². The Morgan fingerprint density at radius 1 is 1.42 bits per heavy atom. The Kier molecular flexibility index (Phi) is 6.73. The molecule has 0 saturated heterocycles. The molecule has 4 N–H and O–H groups in total. The van der Waals surface area contributed by atoms with Gasteiger partial charge in [-0.3, -0.25) is 4.79 Å². The van der Waals surface area contributed by atoms with Crippen LogP contribution in [0, 0.1) is 0 Å². The number of carbonyl (C=O) groups is 1. The molecule has 2 unspecified atom stereocenters. The van der Waals surface area contributed by atoms with Gasteiger partial charge in [-0.15, -0.1) is 0 Å². The van der Waals surface area contributed by atoms with E-state index >= 15 is 0 Å². The third-order valence-electron chi connectivity index (χ3n) is 2.69. The van der Waals surface area contributed by atoms with E-state index < -0.39 is 6.04 Å². The standard InChI is InChI=1S/C14H22N2O2S/c1-3-19-9-10(2)16-14(18)13(15)8-11-4-6-12(17)7-5-11/h4-7,10,13,17H,3,8-9,15H2,1-2H3,(H,16,18). The smallest absolute Gasteiger partial charge is 0.237 e. The summed E-state index contributed by atoms with van der Waals surface area (Å²) in [7, 11) is 0. The number of amides is 1. The number of phenols is 1. The van der Waals surface area contributed by atoms with Crippen LogP contribution < -0.4 is 11.1 Å². The van der Waals surface area contributed by atoms with Crippen molar-refractivity contribution in [3.05, 3.63) is 29.8 Å². The topological polar surface area (TPSA) is 75.4 Å². The van der Waals surface area contributed by atoms with E-state index in [0.29, 0.717) is 6.42 Å². The highest BCUT2D eigenvalue weighted by molar-refractivity contribution is 7.99. The first-order valence-corrected chi connectivity index (χ1v) is 7.60. The minimum absolute atomic E-state index is 0.128. The average molecular weight is 282 g/mol. The maximum absolute atomic E-state index is 11.9. The van der Waals surface area contributed by atoms with Crippen molar-refractivity contribution >= 4 is 17.7 Å². The maximum atomic E-state index is 11.9. The van der Waals surface area contributed by atoms with Crippen molar-refractivity contribution in [3.63, 3.8) is 0 Å². The third-order valence-corrected chi connectivity index (χ3v) is 3.83. The quantitative estimate of drug-likeness (QED) is 0.709. The van der Waals surface area contributed by atoms with E-state index in [1.54, 1.807) is 36.0 Å². The maximum Gasteiger partial charge on any atom is 0.237 e. The molecule has 0 aliphatic heterocycles. The molecular weight excluding hydrogens is 260 g/mol. The number of carbonyl (C=O) groups excluding carboxylic acids is 1. The Hall–Kier alpha value is -1.20. The van der Waals surface area contributed by atoms with Gasteiger partial charge in [0.1, 0.15) is 5.75 Å². The molecule has 0 heterocycles. The normalized spacial score (nSPS) is 13.8. The summed E-state index contributed by atoms with van der Waals surface area (Å²) in [5.41, 5.74) is 6.82. The van der Waals surface area contributed by atoms with Gasteiger partial charge in [-0.1, -0.05) is 19.1 Å². The van der Waals surface area contributed by atoms with Gasteiger partial charge in [-0.05, 0) is 36.8 Å². The highest BCUT2D eigenvalue weighted by atomic mass is 32.2. The summed E-state index contributed by atoms with van der Waals surface area (Å²) in [4.78, 5) is 11.9. The van der Waals surface area contributed by atoms with Crippen molar-refractivity contribution in [2.45, 2.75) is 32.4 Å². The molecule has 106 valence electrons. The van der Waals surface area contributed by atoms with Gasteiger partial charge in [0.05, 0.1) is 6.04 Å². The fourth-order valence-electron chi connectivity index (χ4n) is 1.66. The molecule has 0 fully saturated rings. The molecule has 1 aromatic rings. The van der Waals surface area contributed by atoms with Crippen molar-refractivity contribution in [2.75, 3.05) is 11.5 Å². The second-order valence-corrected chi connectivity index (χ2v) is 5.87. The van der Waals surface area contributed by atoms with Crippen molar-refractivity contribution in [1.82, 2.24) is 5.32 Å². The third kappa shape index (κ3) is 5.98. The second kappa shape index (κ2) is 8.07. The second-order valence-electron chi connectivity index (χ2n) is 4.55. The predicted octanol–water partition coefficient (Wildman–Crippen LogP) is 1.52. The highest BCUT2D eigenvalue weighted by Gasteiger charge is 2.16. The molecule has 19 heavy (non-hydrogen) atoms. The molecule has 1 rings (SSSR count). The zero-order chi connectivity index (χ0) is 14.3. The van der Waals surface area contributed by atoms with E-state index in [0.717, 1.165) is 17.1 Å². The van der Waals surface area contributed by atoms with Gasteiger partial charge >= 0.3 is 0 Å². The first-order chi connectivity index (χ1) is 9.02. The van der Waals surface area contributed by atoms with Crippen molar-refractivity contribution in [3.8, 4) is 5.75 Å². The predicted molar refractivity (Wildman–Crippen MR) is 80.4 cm³/mol. The number of nitrogens with one attached hydrogen (secondary N) is 1. The van der Waals surface area contributed by atoms with Crippen molar-refractivity contribution in [1.29, 1.82) is 0 Å². The van der Waals surface area contributed by atoms with Gasteiger partial charge in [0.15, 0.2) is 0 Å². The van der Waals surface area contributed by atoms with Crippen LogP contribution in [0.3, 0.4) is 0 Å². The zero-order valence-corrected chi connectivity index (χ0v) is 12.2. The Balaban J connectivity index is 2.42. The lowest BCUT2D eigenvalue weighted by Crippen LogP contribution is -2.46. The monoisotopic (exact) mass is 282 g/mol. The van der Waals surface area contributed by atoms with Crippen LogP contribution >= 0.6 is 11.8 Å². The Morgan fingerprint density at radius 3 is 2.63 bits per heavy atom. The fraction of sp³-hybridized carbons (Fsp3) is 0.500. The summed E-state index contributed by atoms with van der Waals surface area (Å²) in [6.45, 7) is 4.07. The number of rotatable bonds is 7. The molecule has 0 aliphatic rings. The first-order valence-electron chi connectivity index (χ1n) is 6.44.